The van der Waals surface area contributed by atoms with Crippen molar-refractivity contribution in [1.82, 2.24) is 5.16 Å². The second-order valence-corrected chi connectivity index (χ2v) is 3.54. The van der Waals surface area contributed by atoms with Crippen molar-refractivity contribution in [3.63, 3.8) is 0 Å². The van der Waals surface area contributed by atoms with E-state index in [0.29, 0.717) is 0 Å². The number of aryl methyl sites for hydroxylation is 2. The Kier molecular flexibility index (Phi) is 2.46. The SMILES string of the molecule is COc1cc(C)ccc1-c1cc(C)no1. The molecule has 1 aromatic heterocycles. The van der Waals surface area contributed by atoms with Gasteiger partial charge in [-0.25, -0.2) is 0 Å². The van der Waals surface area contributed by atoms with Gasteiger partial charge in [-0.05, 0) is 31.5 Å². The lowest BCUT2D eigenvalue weighted by atomic mass is 10.1. The molecule has 0 saturated carbocycles. The van der Waals surface area contributed by atoms with Crippen LogP contribution in [0.25, 0.3) is 11.3 Å². The highest BCUT2D eigenvalue weighted by atomic mass is 16.5. The molecule has 2 aromatic rings. The van der Waals surface area contributed by atoms with Crippen LogP contribution in [0.4, 0.5) is 0 Å². The summed E-state index contributed by atoms with van der Waals surface area (Å²) in [7, 11) is 1.65. The van der Waals surface area contributed by atoms with Gasteiger partial charge in [0.15, 0.2) is 5.76 Å². The Balaban J connectivity index is 2.52. The first-order valence-electron chi connectivity index (χ1n) is 4.79. The van der Waals surface area contributed by atoms with Crippen LogP contribution in [0, 0.1) is 13.8 Å². The fraction of sp³-hybridized carbons (Fsp3) is 0.250. The zero-order valence-corrected chi connectivity index (χ0v) is 9.07. The Labute approximate surface area is 88.7 Å². The quantitative estimate of drug-likeness (QED) is 0.752. The van der Waals surface area contributed by atoms with E-state index in [1.165, 1.54) is 0 Å². The van der Waals surface area contributed by atoms with E-state index in [4.69, 9.17) is 9.26 Å². The molecule has 0 aliphatic rings. The van der Waals surface area contributed by atoms with Crippen molar-refractivity contribution in [2.24, 2.45) is 0 Å². The van der Waals surface area contributed by atoms with Gasteiger partial charge in [-0.15, -0.1) is 0 Å². The van der Waals surface area contributed by atoms with E-state index in [1.807, 2.05) is 38.1 Å². The van der Waals surface area contributed by atoms with Crippen molar-refractivity contribution in [2.45, 2.75) is 13.8 Å². The van der Waals surface area contributed by atoms with Gasteiger partial charge in [-0.1, -0.05) is 11.2 Å². The number of hydrogen-bond acceptors (Lipinski definition) is 3. The third-order valence-electron chi connectivity index (χ3n) is 2.25. The molecule has 0 atom stereocenters. The minimum atomic E-state index is 0.740. The summed E-state index contributed by atoms with van der Waals surface area (Å²) in [6, 6.07) is 7.88. The van der Waals surface area contributed by atoms with Gasteiger partial charge in [0.05, 0.1) is 18.4 Å². The minimum Gasteiger partial charge on any atom is -0.496 e. The Bertz CT molecular complexity index is 474. The van der Waals surface area contributed by atoms with Gasteiger partial charge < -0.3 is 9.26 Å². The Hall–Kier alpha value is -1.77. The molecule has 0 amide bonds. The van der Waals surface area contributed by atoms with E-state index < -0.39 is 0 Å². The van der Waals surface area contributed by atoms with Crippen molar-refractivity contribution >= 4 is 0 Å². The maximum Gasteiger partial charge on any atom is 0.170 e. The van der Waals surface area contributed by atoms with Gasteiger partial charge in [-0.2, -0.15) is 0 Å². The van der Waals surface area contributed by atoms with E-state index in [2.05, 4.69) is 5.16 Å². The van der Waals surface area contributed by atoms with Crippen LogP contribution in [-0.4, -0.2) is 12.3 Å². The Morgan fingerprint density at radius 2 is 2.00 bits per heavy atom. The maximum absolute atomic E-state index is 5.30. The van der Waals surface area contributed by atoms with Crippen LogP contribution in [0.5, 0.6) is 5.75 Å². The van der Waals surface area contributed by atoms with Crippen LogP contribution in [0.15, 0.2) is 28.8 Å². The smallest absolute Gasteiger partial charge is 0.170 e. The predicted octanol–water partition coefficient (Wildman–Crippen LogP) is 2.97. The lowest BCUT2D eigenvalue weighted by Crippen LogP contribution is -1.87. The van der Waals surface area contributed by atoms with Gasteiger partial charge in [-0.3, -0.25) is 0 Å². The lowest BCUT2D eigenvalue weighted by molar-refractivity contribution is 0.404. The first-order valence-corrected chi connectivity index (χ1v) is 4.79. The number of aromatic nitrogens is 1. The van der Waals surface area contributed by atoms with E-state index in [1.54, 1.807) is 7.11 Å². The number of methoxy groups -OCH3 is 1. The molecule has 0 bridgehead atoms. The average Bonchev–Trinajstić information content (AvgIpc) is 2.64. The molecule has 1 aromatic carbocycles. The molecule has 0 aliphatic carbocycles. The minimum absolute atomic E-state index is 0.740. The van der Waals surface area contributed by atoms with E-state index >= 15 is 0 Å². The van der Waals surface area contributed by atoms with E-state index in [9.17, 15) is 0 Å². The molecule has 0 saturated heterocycles. The summed E-state index contributed by atoms with van der Waals surface area (Å²) in [4.78, 5) is 0. The topological polar surface area (TPSA) is 35.3 Å². The Morgan fingerprint density at radius 1 is 1.20 bits per heavy atom. The fourth-order valence-corrected chi connectivity index (χ4v) is 1.49. The third-order valence-corrected chi connectivity index (χ3v) is 2.25. The number of rotatable bonds is 2. The second-order valence-electron chi connectivity index (χ2n) is 3.54. The molecule has 3 nitrogen and oxygen atoms in total. The first kappa shape index (κ1) is 9.77. The van der Waals surface area contributed by atoms with E-state index in [-0.39, 0.29) is 0 Å². The zero-order chi connectivity index (χ0) is 10.8. The van der Waals surface area contributed by atoms with Crippen LogP contribution < -0.4 is 4.74 Å². The predicted molar refractivity (Wildman–Crippen MR) is 58.0 cm³/mol. The van der Waals surface area contributed by atoms with Gasteiger partial charge in [0.2, 0.25) is 0 Å². The molecule has 2 rings (SSSR count). The molecule has 1 heterocycles. The molecule has 0 N–H and O–H groups in total. The average molecular weight is 203 g/mol. The second kappa shape index (κ2) is 3.77. The van der Waals surface area contributed by atoms with Crippen molar-refractivity contribution < 1.29 is 9.26 Å². The molecule has 78 valence electrons. The highest BCUT2D eigenvalue weighted by Gasteiger charge is 2.10. The molecule has 0 fully saturated rings. The number of ether oxygens (including phenoxy) is 1. The molecule has 0 radical (unpaired) electrons. The van der Waals surface area contributed by atoms with Crippen LogP contribution >= 0.6 is 0 Å². The lowest BCUT2D eigenvalue weighted by Gasteiger charge is -2.05. The number of benzene rings is 1. The van der Waals surface area contributed by atoms with Crippen LogP contribution in [-0.2, 0) is 0 Å². The summed E-state index contributed by atoms with van der Waals surface area (Å²) in [5.41, 5.74) is 2.96. The van der Waals surface area contributed by atoms with Crippen molar-refractivity contribution in [3.05, 3.63) is 35.5 Å². The molecule has 15 heavy (non-hydrogen) atoms. The largest absolute Gasteiger partial charge is 0.496 e. The maximum atomic E-state index is 5.30. The van der Waals surface area contributed by atoms with Crippen LogP contribution in [0.1, 0.15) is 11.3 Å². The summed E-state index contributed by atoms with van der Waals surface area (Å²) in [5.74, 6) is 1.55. The summed E-state index contributed by atoms with van der Waals surface area (Å²) < 4.78 is 10.5. The van der Waals surface area contributed by atoms with Crippen molar-refractivity contribution in [3.8, 4) is 17.1 Å². The number of nitrogens with zero attached hydrogens (tertiary/aromatic N) is 1. The molecular weight excluding hydrogens is 190 g/mol. The molecule has 3 heteroatoms. The van der Waals surface area contributed by atoms with Crippen LogP contribution in [0.2, 0.25) is 0 Å². The number of hydrogen-bond donors (Lipinski definition) is 0. The highest BCUT2D eigenvalue weighted by molar-refractivity contribution is 5.66. The zero-order valence-electron chi connectivity index (χ0n) is 9.07. The fourth-order valence-electron chi connectivity index (χ4n) is 1.49. The Morgan fingerprint density at radius 3 is 2.60 bits per heavy atom. The first-order chi connectivity index (χ1) is 7.20. The summed E-state index contributed by atoms with van der Waals surface area (Å²) >= 11 is 0. The van der Waals surface area contributed by atoms with Crippen LogP contribution in [0.3, 0.4) is 0 Å². The van der Waals surface area contributed by atoms with Gasteiger partial charge >= 0.3 is 0 Å². The molecule has 0 unspecified atom stereocenters. The third kappa shape index (κ3) is 1.86. The van der Waals surface area contributed by atoms with Crippen molar-refractivity contribution in [1.29, 1.82) is 0 Å². The van der Waals surface area contributed by atoms with Gasteiger partial charge in [0.25, 0.3) is 0 Å². The van der Waals surface area contributed by atoms with Gasteiger partial charge in [0, 0.05) is 6.07 Å². The normalized spacial score (nSPS) is 10.3. The van der Waals surface area contributed by atoms with Crippen molar-refractivity contribution in [2.75, 3.05) is 7.11 Å². The standard InChI is InChI=1S/C12H13NO2/c1-8-4-5-10(11(6-8)14-3)12-7-9(2)13-15-12/h4-7H,1-3H3. The molecular formula is C12H13NO2. The molecule has 0 spiro atoms. The monoisotopic (exact) mass is 203 g/mol. The highest BCUT2D eigenvalue weighted by Crippen LogP contribution is 2.30. The summed E-state index contributed by atoms with van der Waals surface area (Å²) in [5, 5.41) is 3.86. The summed E-state index contributed by atoms with van der Waals surface area (Å²) in [6.45, 7) is 3.92. The molecule has 0 aliphatic heterocycles. The van der Waals surface area contributed by atoms with E-state index in [0.717, 1.165) is 28.3 Å². The summed E-state index contributed by atoms with van der Waals surface area (Å²) in [6.07, 6.45) is 0. The van der Waals surface area contributed by atoms with Gasteiger partial charge in [0.1, 0.15) is 5.75 Å².